The quantitative estimate of drug-likeness (QED) is 0.301. The van der Waals surface area contributed by atoms with E-state index in [9.17, 15) is 5.26 Å². The normalized spacial score (nSPS) is 11.3. The number of halogens is 1. The van der Waals surface area contributed by atoms with E-state index in [0.29, 0.717) is 16.4 Å². The Balaban J connectivity index is 1.62. The molecule has 0 saturated heterocycles. The second-order valence-corrected chi connectivity index (χ2v) is 8.02. The summed E-state index contributed by atoms with van der Waals surface area (Å²) in [5.74, 6) is 1.42. The summed E-state index contributed by atoms with van der Waals surface area (Å²) in [5, 5.41) is 10.3. The number of rotatable bonds is 4. The molecule has 0 amide bonds. The molecule has 0 N–H and O–H groups in total. The van der Waals surface area contributed by atoms with Gasteiger partial charge >= 0.3 is 168 Å². The molecule has 4 rings (SSSR count). The monoisotopic (exact) mass is 436 g/mol. The zero-order valence-corrected chi connectivity index (χ0v) is 16.6. The molecule has 0 saturated carbocycles. The third-order valence-electron chi connectivity index (χ3n) is 3.97. The second-order valence-electron chi connectivity index (χ2n) is 5.78. The van der Waals surface area contributed by atoms with Gasteiger partial charge in [-0.3, -0.25) is 0 Å². The fourth-order valence-electron chi connectivity index (χ4n) is 2.62. The molecule has 0 radical (unpaired) electrons. The first-order chi connectivity index (χ1) is 13.2. The van der Waals surface area contributed by atoms with Gasteiger partial charge in [0.2, 0.25) is 0 Å². The van der Waals surface area contributed by atoms with Crippen molar-refractivity contribution in [2.75, 3.05) is 0 Å². The van der Waals surface area contributed by atoms with E-state index in [1.807, 2.05) is 66.7 Å². The van der Waals surface area contributed by atoms with Gasteiger partial charge in [0, 0.05) is 0 Å². The number of furan rings is 1. The molecule has 0 aliphatic rings. The number of nitriles is 1. The number of hydrogen-bond donors (Lipinski definition) is 0. The van der Waals surface area contributed by atoms with Crippen LogP contribution in [-0.4, -0.2) is 19.5 Å². The second kappa shape index (κ2) is 7.82. The molecular formula is C22H13ClN2OSe. The van der Waals surface area contributed by atoms with E-state index >= 15 is 0 Å². The molecule has 130 valence electrons. The number of benzene rings is 2. The number of hydrogen-bond acceptors (Lipinski definition) is 3. The summed E-state index contributed by atoms with van der Waals surface area (Å²) in [7, 11) is 0. The van der Waals surface area contributed by atoms with Crippen LogP contribution in [0.25, 0.3) is 34.2 Å². The van der Waals surface area contributed by atoms with Gasteiger partial charge in [-0.15, -0.1) is 0 Å². The summed E-state index contributed by atoms with van der Waals surface area (Å²) >= 11 is 5.95. The van der Waals surface area contributed by atoms with Crippen LogP contribution in [0.4, 0.5) is 0 Å². The molecule has 2 heterocycles. The van der Waals surface area contributed by atoms with Crippen molar-refractivity contribution in [2.45, 2.75) is 0 Å². The number of nitrogens with zero attached hydrogens (tertiary/aromatic N) is 2. The minimum absolute atomic E-state index is 0.00534. The van der Waals surface area contributed by atoms with Crippen LogP contribution in [0.1, 0.15) is 10.3 Å². The van der Waals surface area contributed by atoms with E-state index in [4.69, 9.17) is 16.0 Å². The molecule has 2 aromatic heterocycles. The molecular weight excluding hydrogens is 423 g/mol. The first kappa shape index (κ1) is 17.6. The Kier molecular flexibility index (Phi) is 5.09. The molecule has 0 unspecified atom stereocenters. The van der Waals surface area contributed by atoms with Gasteiger partial charge in [0.05, 0.1) is 0 Å². The van der Waals surface area contributed by atoms with Crippen LogP contribution in [0.15, 0.2) is 76.1 Å². The van der Waals surface area contributed by atoms with E-state index in [0.717, 1.165) is 27.1 Å². The van der Waals surface area contributed by atoms with Gasteiger partial charge < -0.3 is 0 Å². The van der Waals surface area contributed by atoms with Crippen molar-refractivity contribution in [3.05, 3.63) is 87.0 Å². The van der Waals surface area contributed by atoms with Crippen LogP contribution in [0.3, 0.4) is 0 Å². The molecule has 27 heavy (non-hydrogen) atoms. The zero-order valence-electron chi connectivity index (χ0n) is 14.1. The Morgan fingerprint density at radius 2 is 1.78 bits per heavy atom. The van der Waals surface area contributed by atoms with E-state index < -0.39 is 0 Å². The Morgan fingerprint density at radius 3 is 2.52 bits per heavy atom. The fraction of sp³-hybridized carbons (Fsp3) is 0. The average Bonchev–Trinajstić information content (AvgIpc) is 3.37. The summed E-state index contributed by atoms with van der Waals surface area (Å²) in [6, 6.07) is 23.5. The van der Waals surface area contributed by atoms with Gasteiger partial charge in [-0.05, 0) is 0 Å². The molecule has 3 nitrogen and oxygen atoms in total. The van der Waals surface area contributed by atoms with Crippen LogP contribution in [0, 0.1) is 11.3 Å². The zero-order chi connectivity index (χ0) is 18.6. The van der Waals surface area contributed by atoms with Crippen molar-refractivity contribution >= 4 is 37.8 Å². The van der Waals surface area contributed by atoms with E-state index in [-0.39, 0.29) is 14.5 Å². The van der Waals surface area contributed by atoms with Gasteiger partial charge in [0.1, 0.15) is 0 Å². The molecule has 0 fully saturated rings. The maximum absolute atomic E-state index is 9.59. The van der Waals surface area contributed by atoms with E-state index in [2.05, 4.69) is 16.0 Å². The van der Waals surface area contributed by atoms with Crippen molar-refractivity contribution in [1.29, 1.82) is 5.26 Å². The van der Waals surface area contributed by atoms with Gasteiger partial charge in [-0.25, -0.2) is 0 Å². The molecule has 4 aromatic rings. The van der Waals surface area contributed by atoms with Crippen molar-refractivity contribution in [3.63, 3.8) is 0 Å². The Morgan fingerprint density at radius 1 is 1.00 bits per heavy atom. The molecule has 0 aliphatic heterocycles. The van der Waals surface area contributed by atoms with Crippen LogP contribution >= 0.6 is 11.6 Å². The summed E-state index contributed by atoms with van der Waals surface area (Å²) in [6.45, 7) is 0. The molecule has 2 aromatic carbocycles. The predicted molar refractivity (Wildman–Crippen MR) is 109 cm³/mol. The average molecular weight is 436 g/mol. The summed E-state index contributed by atoms with van der Waals surface area (Å²) in [4.78, 5) is 6.73. The maximum atomic E-state index is 9.59. The molecule has 0 bridgehead atoms. The van der Waals surface area contributed by atoms with Crippen molar-refractivity contribution < 1.29 is 4.42 Å². The first-order valence-corrected chi connectivity index (χ1v) is 10.4. The van der Waals surface area contributed by atoms with Gasteiger partial charge in [0.15, 0.2) is 0 Å². The number of aromatic nitrogens is 1. The van der Waals surface area contributed by atoms with E-state index in [1.165, 1.54) is 0 Å². The van der Waals surface area contributed by atoms with Crippen LogP contribution in [-0.2, 0) is 0 Å². The number of allylic oxidation sites excluding steroid dienone is 1. The van der Waals surface area contributed by atoms with Gasteiger partial charge in [0.25, 0.3) is 0 Å². The topological polar surface area (TPSA) is 49.8 Å². The first-order valence-electron chi connectivity index (χ1n) is 8.22. The van der Waals surface area contributed by atoms with Crippen molar-refractivity contribution in [2.24, 2.45) is 0 Å². The van der Waals surface area contributed by atoms with Crippen LogP contribution in [0.5, 0.6) is 0 Å². The van der Waals surface area contributed by atoms with E-state index in [1.54, 1.807) is 6.08 Å². The van der Waals surface area contributed by atoms with Crippen LogP contribution in [0.2, 0.25) is 5.02 Å². The molecule has 0 spiro atoms. The standard InChI is InChI=1S/C22H13ClN2OSe/c23-18-8-6-15(7-9-18)20-14-27-22(25-20)17(13-24)12-19-10-11-21(26-19)16-4-2-1-3-5-16/h1-12,14H/b17-12+. The van der Waals surface area contributed by atoms with Gasteiger partial charge in [-0.2, -0.15) is 0 Å². The van der Waals surface area contributed by atoms with Crippen molar-refractivity contribution in [3.8, 4) is 28.7 Å². The Bertz CT molecular complexity index is 1140. The third kappa shape index (κ3) is 3.97. The SMILES string of the molecule is N#C/C(=C\c1ccc(-c2ccccc2)o1)c1nc(-c2ccc(Cl)cc2)c[se]1. The predicted octanol–water partition coefficient (Wildman–Crippen LogP) is 5.78. The summed E-state index contributed by atoms with van der Waals surface area (Å²) in [5.41, 5.74) is 3.42. The van der Waals surface area contributed by atoms with Gasteiger partial charge in [-0.1, -0.05) is 0 Å². The third-order valence-corrected chi connectivity index (χ3v) is 6.06. The fourth-order valence-corrected chi connectivity index (χ4v) is 4.42. The summed E-state index contributed by atoms with van der Waals surface area (Å²) < 4.78 is 6.68. The van der Waals surface area contributed by atoms with Crippen LogP contribution < -0.4 is 0 Å². The molecule has 0 atom stereocenters. The minimum atomic E-state index is 0.00534. The molecule has 5 heteroatoms. The Hall–Kier alpha value is -2.83. The molecule has 0 aliphatic carbocycles. The summed E-state index contributed by atoms with van der Waals surface area (Å²) in [6.07, 6.45) is 1.76. The van der Waals surface area contributed by atoms with Crippen molar-refractivity contribution in [1.82, 2.24) is 4.98 Å². The Labute approximate surface area is 167 Å².